The SMILES string of the molecule is CC.CC.Cc1ccc2nccnc2c1.Cc1cnc2ncccc2c1. The zero-order valence-corrected chi connectivity index (χ0v) is 16.6. The molecule has 0 radical (unpaired) electrons. The molecule has 0 N–H and O–H groups in total. The Kier molecular flexibility index (Phi) is 9.47. The standard InChI is InChI=1S/2C9H8N2.2C2H6/c1-7-2-3-8-9(6-7)11-5-4-10-8;1-7-5-8-3-2-4-10-9(8)11-6-7;2*1-2/h2*2-6H,1H3;2*1-2H3. The van der Waals surface area contributed by atoms with Crippen LogP contribution in [-0.4, -0.2) is 19.9 Å². The third kappa shape index (κ3) is 6.20. The van der Waals surface area contributed by atoms with Crippen LogP contribution in [0.2, 0.25) is 0 Å². The fraction of sp³-hybridized carbons (Fsp3) is 0.273. The zero-order valence-electron chi connectivity index (χ0n) is 16.6. The van der Waals surface area contributed by atoms with E-state index in [1.807, 2.05) is 78.1 Å². The van der Waals surface area contributed by atoms with E-state index in [9.17, 15) is 0 Å². The molecule has 136 valence electrons. The first kappa shape index (κ1) is 21.2. The Labute approximate surface area is 156 Å². The van der Waals surface area contributed by atoms with Gasteiger partial charge in [0, 0.05) is 30.2 Å². The van der Waals surface area contributed by atoms with Crippen molar-refractivity contribution in [3.63, 3.8) is 0 Å². The van der Waals surface area contributed by atoms with Gasteiger partial charge in [-0.2, -0.15) is 0 Å². The Morgan fingerprint density at radius 3 is 2.04 bits per heavy atom. The molecule has 0 fully saturated rings. The predicted octanol–water partition coefficient (Wildman–Crippen LogP) is 5.93. The van der Waals surface area contributed by atoms with Crippen molar-refractivity contribution < 1.29 is 0 Å². The summed E-state index contributed by atoms with van der Waals surface area (Å²) in [7, 11) is 0. The Bertz CT molecular complexity index is 842. The van der Waals surface area contributed by atoms with Gasteiger partial charge in [-0.1, -0.05) is 33.8 Å². The highest BCUT2D eigenvalue weighted by Gasteiger charge is 1.93. The van der Waals surface area contributed by atoms with Crippen molar-refractivity contribution in [3.8, 4) is 0 Å². The highest BCUT2D eigenvalue weighted by atomic mass is 14.8. The van der Waals surface area contributed by atoms with Crippen LogP contribution in [0.4, 0.5) is 0 Å². The number of hydrogen-bond acceptors (Lipinski definition) is 4. The molecule has 4 heteroatoms. The van der Waals surface area contributed by atoms with Gasteiger partial charge in [-0.15, -0.1) is 0 Å². The lowest BCUT2D eigenvalue weighted by Gasteiger charge is -1.95. The molecule has 0 saturated heterocycles. The Balaban J connectivity index is 0.000000219. The second-order valence-electron chi connectivity index (χ2n) is 5.11. The van der Waals surface area contributed by atoms with Gasteiger partial charge in [0.1, 0.15) is 0 Å². The van der Waals surface area contributed by atoms with E-state index in [1.54, 1.807) is 18.6 Å². The maximum Gasteiger partial charge on any atom is 0.159 e. The number of nitrogens with zero attached hydrogens (tertiary/aromatic N) is 4. The maximum atomic E-state index is 4.18. The molecule has 3 aromatic heterocycles. The quantitative estimate of drug-likeness (QED) is 0.395. The van der Waals surface area contributed by atoms with E-state index in [0.717, 1.165) is 22.1 Å². The summed E-state index contributed by atoms with van der Waals surface area (Å²) in [5.74, 6) is 0. The minimum atomic E-state index is 0.818. The van der Waals surface area contributed by atoms with Crippen molar-refractivity contribution in [3.05, 3.63) is 72.3 Å². The monoisotopic (exact) mass is 348 g/mol. The highest BCUT2D eigenvalue weighted by Crippen LogP contribution is 2.09. The molecule has 0 unspecified atom stereocenters. The summed E-state index contributed by atoms with van der Waals surface area (Å²) in [6.07, 6.45) is 7.00. The number of rotatable bonds is 0. The molecule has 26 heavy (non-hydrogen) atoms. The minimum absolute atomic E-state index is 0.818. The van der Waals surface area contributed by atoms with Crippen molar-refractivity contribution in [2.24, 2.45) is 0 Å². The summed E-state index contributed by atoms with van der Waals surface area (Å²) < 4.78 is 0. The number of aromatic nitrogens is 4. The van der Waals surface area contributed by atoms with Crippen LogP contribution in [0.5, 0.6) is 0 Å². The molecule has 4 rings (SSSR count). The van der Waals surface area contributed by atoms with Crippen LogP contribution < -0.4 is 0 Å². The van der Waals surface area contributed by atoms with E-state index in [0.29, 0.717) is 0 Å². The molecule has 1 aromatic carbocycles. The second-order valence-corrected chi connectivity index (χ2v) is 5.11. The molecule has 3 heterocycles. The van der Waals surface area contributed by atoms with Gasteiger partial charge in [0.15, 0.2) is 5.65 Å². The lowest BCUT2D eigenvalue weighted by Crippen LogP contribution is -1.82. The average molecular weight is 348 g/mol. The fourth-order valence-corrected chi connectivity index (χ4v) is 2.15. The Morgan fingerprint density at radius 1 is 0.615 bits per heavy atom. The van der Waals surface area contributed by atoms with E-state index in [1.165, 1.54) is 11.1 Å². The summed E-state index contributed by atoms with van der Waals surface area (Å²) in [6, 6.07) is 12.1. The summed E-state index contributed by atoms with van der Waals surface area (Å²) in [4.78, 5) is 16.6. The second kappa shape index (κ2) is 11.6. The zero-order chi connectivity index (χ0) is 19.4. The third-order valence-corrected chi connectivity index (χ3v) is 3.22. The van der Waals surface area contributed by atoms with Crippen LogP contribution in [0.1, 0.15) is 38.8 Å². The highest BCUT2D eigenvalue weighted by molar-refractivity contribution is 5.74. The molecule has 0 aliphatic heterocycles. The molecule has 0 amide bonds. The van der Waals surface area contributed by atoms with E-state index in [4.69, 9.17) is 0 Å². The summed E-state index contributed by atoms with van der Waals surface area (Å²) in [6.45, 7) is 12.1. The first-order valence-corrected chi connectivity index (χ1v) is 9.07. The number of aryl methyl sites for hydroxylation is 2. The number of benzene rings is 1. The van der Waals surface area contributed by atoms with Crippen LogP contribution in [0.25, 0.3) is 22.1 Å². The van der Waals surface area contributed by atoms with Crippen LogP contribution >= 0.6 is 0 Å². The van der Waals surface area contributed by atoms with Gasteiger partial charge in [-0.3, -0.25) is 9.97 Å². The van der Waals surface area contributed by atoms with E-state index in [-0.39, 0.29) is 0 Å². The molecule has 0 aliphatic rings. The van der Waals surface area contributed by atoms with Crippen molar-refractivity contribution in [1.29, 1.82) is 0 Å². The minimum Gasteiger partial charge on any atom is -0.253 e. The Morgan fingerprint density at radius 2 is 1.31 bits per heavy atom. The number of hydrogen-bond donors (Lipinski definition) is 0. The van der Waals surface area contributed by atoms with Crippen molar-refractivity contribution in [2.45, 2.75) is 41.5 Å². The van der Waals surface area contributed by atoms with Crippen LogP contribution in [0.3, 0.4) is 0 Å². The lowest BCUT2D eigenvalue weighted by molar-refractivity contribution is 1.26. The Hall–Kier alpha value is -2.88. The molecular formula is C22H28N4. The molecule has 0 spiro atoms. The van der Waals surface area contributed by atoms with Crippen molar-refractivity contribution in [1.82, 2.24) is 19.9 Å². The molecule has 0 saturated carbocycles. The number of pyridine rings is 2. The fourth-order valence-electron chi connectivity index (χ4n) is 2.15. The number of fused-ring (bicyclic) bond motifs is 2. The molecule has 4 nitrogen and oxygen atoms in total. The van der Waals surface area contributed by atoms with Gasteiger partial charge < -0.3 is 0 Å². The van der Waals surface area contributed by atoms with E-state index in [2.05, 4.69) is 26.0 Å². The van der Waals surface area contributed by atoms with Crippen LogP contribution in [-0.2, 0) is 0 Å². The van der Waals surface area contributed by atoms with Gasteiger partial charge in [0.2, 0.25) is 0 Å². The smallest absolute Gasteiger partial charge is 0.159 e. The molecule has 0 atom stereocenters. The van der Waals surface area contributed by atoms with Gasteiger partial charge in [-0.05, 0) is 55.3 Å². The van der Waals surface area contributed by atoms with Crippen LogP contribution in [0, 0.1) is 13.8 Å². The third-order valence-electron chi connectivity index (χ3n) is 3.22. The van der Waals surface area contributed by atoms with Crippen LogP contribution in [0.15, 0.2) is 61.2 Å². The van der Waals surface area contributed by atoms with Gasteiger partial charge >= 0.3 is 0 Å². The first-order valence-electron chi connectivity index (χ1n) is 9.07. The summed E-state index contributed by atoms with van der Waals surface area (Å²) in [5, 5.41) is 1.10. The summed E-state index contributed by atoms with van der Waals surface area (Å²) in [5.41, 5.74) is 5.13. The van der Waals surface area contributed by atoms with Gasteiger partial charge in [0.05, 0.1) is 11.0 Å². The normalized spacial score (nSPS) is 9.15. The summed E-state index contributed by atoms with van der Waals surface area (Å²) >= 11 is 0. The molecular weight excluding hydrogens is 320 g/mol. The molecule has 0 aliphatic carbocycles. The van der Waals surface area contributed by atoms with E-state index >= 15 is 0 Å². The lowest BCUT2D eigenvalue weighted by atomic mass is 10.2. The van der Waals surface area contributed by atoms with Gasteiger partial charge in [-0.25, -0.2) is 9.97 Å². The topological polar surface area (TPSA) is 51.6 Å². The molecule has 0 bridgehead atoms. The van der Waals surface area contributed by atoms with Gasteiger partial charge in [0.25, 0.3) is 0 Å². The van der Waals surface area contributed by atoms with Crippen molar-refractivity contribution >= 4 is 22.1 Å². The van der Waals surface area contributed by atoms with E-state index < -0.39 is 0 Å². The van der Waals surface area contributed by atoms with Crippen molar-refractivity contribution in [2.75, 3.05) is 0 Å². The predicted molar refractivity (Wildman–Crippen MR) is 111 cm³/mol. The maximum absolute atomic E-state index is 4.18. The average Bonchev–Trinajstić information content (AvgIpc) is 2.71. The largest absolute Gasteiger partial charge is 0.253 e. The molecule has 4 aromatic rings. The first-order chi connectivity index (χ1) is 12.7.